The number of hydrogen-bond acceptors (Lipinski definition) is 7. The van der Waals surface area contributed by atoms with E-state index in [1.54, 1.807) is 18.4 Å². The first kappa shape index (κ1) is 19.0. The Kier molecular flexibility index (Phi) is 5.99. The number of nitrogens with zero attached hydrogens (tertiary/aromatic N) is 6. The maximum absolute atomic E-state index is 5.34. The molecule has 1 saturated heterocycles. The maximum Gasteiger partial charge on any atom is 0.173 e. The van der Waals surface area contributed by atoms with Gasteiger partial charge in [0.1, 0.15) is 5.75 Å². The van der Waals surface area contributed by atoms with Gasteiger partial charge in [0.2, 0.25) is 0 Å². The van der Waals surface area contributed by atoms with Crippen molar-refractivity contribution in [3.63, 3.8) is 0 Å². The fraction of sp³-hybridized carbons (Fsp3) is 0.450. The molecule has 0 bridgehead atoms. The Morgan fingerprint density at radius 1 is 1.11 bits per heavy atom. The Labute approximate surface area is 169 Å². The number of hydrogen-bond donors (Lipinski definition) is 0. The quantitative estimate of drug-likeness (QED) is 0.610. The van der Waals surface area contributed by atoms with Crippen molar-refractivity contribution in [1.29, 1.82) is 0 Å². The Bertz CT molecular complexity index is 855. The lowest BCUT2D eigenvalue weighted by Gasteiger charge is -2.38. The van der Waals surface area contributed by atoms with E-state index in [0.29, 0.717) is 6.54 Å². The fourth-order valence-corrected chi connectivity index (χ4v) is 4.40. The van der Waals surface area contributed by atoms with E-state index in [2.05, 4.69) is 61.9 Å². The van der Waals surface area contributed by atoms with Crippen LogP contribution in [-0.2, 0) is 6.54 Å². The predicted molar refractivity (Wildman–Crippen MR) is 110 cm³/mol. The molecule has 1 aromatic carbocycles. The highest BCUT2D eigenvalue weighted by atomic mass is 32.1. The zero-order valence-electron chi connectivity index (χ0n) is 16.4. The van der Waals surface area contributed by atoms with Gasteiger partial charge in [-0.2, -0.15) is 0 Å². The summed E-state index contributed by atoms with van der Waals surface area (Å²) < 4.78 is 7.28. The van der Waals surface area contributed by atoms with Crippen LogP contribution in [0.15, 0.2) is 41.8 Å². The SMILES string of the molecule is CCN1CCN(C(c2ccc(OC)cc2)c2nnnn2Cc2cccs2)CC1. The van der Waals surface area contributed by atoms with Crippen molar-refractivity contribution in [2.24, 2.45) is 0 Å². The molecule has 1 unspecified atom stereocenters. The van der Waals surface area contributed by atoms with E-state index in [4.69, 9.17) is 4.74 Å². The van der Waals surface area contributed by atoms with Gasteiger partial charge in [0, 0.05) is 31.1 Å². The third-order valence-corrected chi connectivity index (χ3v) is 6.20. The minimum absolute atomic E-state index is 0.0277. The number of rotatable bonds is 7. The van der Waals surface area contributed by atoms with Gasteiger partial charge in [0.15, 0.2) is 5.82 Å². The van der Waals surface area contributed by atoms with E-state index in [9.17, 15) is 0 Å². The summed E-state index contributed by atoms with van der Waals surface area (Å²) in [5, 5.41) is 14.9. The van der Waals surface area contributed by atoms with Crippen molar-refractivity contribution < 1.29 is 4.74 Å². The van der Waals surface area contributed by atoms with Crippen LogP contribution in [0, 0.1) is 0 Å². The third-order valence-electron chi connectivity index (χ3n) is 5.34. The number of benzene rings is 1. The maximum atomic E-state index is 5.34. The van der Waals surface area contributed by atoms with E-state index >= 15 is 0 Å². The van der Waals surface area contributed by atoms with Crippen LogP contribution in [0.4, 0.5) is 0 Å². The van der Waals surface area contributed by atoms with Gasteiger partial charge in [-0.15, -0.1) is 16.4 Å². The Hall–Kier alpha value is -2.29. The minimum atomic E-state index is 0.0277. The van der Waals surface area contributed by atoms with E-state index < -0.39 is 0 Å². The van der Waals surface area contributed by atoms with E-state index in [1.165, 1.54) is 10.4 Å². The summed E-state index contributed by atoms with van der Waals surface area (Å²) in [5.74, 6) is 1.75. The van der Waals surface area contributed by atoms with E-state index in [0.717, 1.165) is 44.3 Å². The van der Waals surface area contributed by atoms with E-state index in [-0.39, 0.29) is 6.04 Å². The second kappa shape index (κ2) is 8.81. The summed E-state index contributed by atoms with van der Waals surface area (Å²) >= 11 is 1.73. The molecule has 0 amide bonds. The molecule has 0 radical (unpaired) electrons. The second-order valence-electron chi connectivity index (χ2n) is 6.92. The van der Waals surface area contributed by atoms with Gasteiger partial charge in [0.25, 0.3) is 0 Å². The monoisotopic (exact) mass is 398 g/mol. The van der Waals surface area contributed by atoms with Crippen LogP contribution >= 0.6 is 11.3 Å². The standard InChI is InChI=1S/C20H26N6OS/c1-3-24-10-12-25(13-11-24)19(16-6-8-17(27-2)9-7-16)20-21-22-23-26(20)15-18-5-4-14-28-18/h4-9,14,19H,3,10-13,15H2,1-2H3. The van der Waals surface area contributed by atoms with Crippen molar-refractivity contribution in [3.8, 4) is 5.75 Å². The summed E-state index contributed by atoms with van der Waals surface area (Å²) in [7, 11) is 1.69. The van der Waals surface area contributed by atoms with Crippen molar-refractivity contribution in [3.05, 3.63) is 58.0 Å². The summed E-state index contributed by atoms with van der Waals surface area (Å²) in [6, 6.07) is 12.5. The zero-order valence-corrected chi connectivity index (χ0v) is 17.2. The number of methoxy groups -OCH3 is 1. The molecule has 0 N–H and O–H groups in total. The average Bonchev–Trinajstić information content (AvgIpc) is 3.42. The van der Waals surface area contributed by atoms with Crippen LogP contribution < -0.4 is 4.74 Å². The Morgan fingerprint density at radius 2 is 1.89 bits per heavy atom. The smallest absolute Gasteiger partial charge is 0.173 e. The van der Waals surface area contributed by atoms with Crippen molar-refractivity contribution in [2.75, 3.05) is 39.8 Å². The molecule has 1 atom stereocenters. The molecule has 1 fully saturated rings. The van der Waals surface area contributed by atoms with Crippen LogP contribution in [0.25, 0.3) is 0 Å². The highest BCUT2D eigenvalue weighted by Crippen LogP contribution is 2.30. The molecular weight excluding hydrogens is 372 g/mol. The lowest BCUT2D eigenvalue weighted by Crippen LogP contribution is -2.48. The topological polar surface area (TPSA) is 59.3 Å². The normalized spacial score (nSPS) is 16.9. The van der Waals surface area contributed by atoms with Gasteiger partial charge in [-0.25, -0.2) is 4.68 Å². The molecule has 0 aliphatic carbocycles. The molecule has 3 heterocycles. The summed E-state index contributed by atoms with van der Waals surface area (Å²) in [6.07, 6.45) is 0. The van der Waals surface area contributed by atoms with Gasteiger partial charge in [-0.05, 0) is 46.1 Å². The summed E-state index contributed by atoms with van der Waals surface area (Å²) in [5.41, 5.74) is 1.19. The summed E-state index contributed by atoms with van der Waals surface area (Å²) in [4.78, 5) is 6.22. The van der Waals surface area contributed by atoms with E-state index in [1.807, 2.05) is 16.8 Å². The van der Waals surface area contributed by atoms with Crippen LogP contribution in [-0.4, -0.2) is 69.8 Å². The molecule has 0 saturated carbocycles. The van der Waals surface area contributed by atoms with Gasteiger partial charge >= 0.3 is 0 Å². The molecular formula is C20H26N6OS. The Morgan fingerprint density at radius 3 is 2.54 bits per heavy atom. The first-order chi connectivity index (χ1) is 13.8. The number of aromatic nitrogens is 4. The number of piperazine rings is 1. The molecule has 4 rings (SSSR count). The van der Waals surface area contributed by atoms with Crippen LogP contribution in [0.5, 0.6) is 5.75 Å². The van der Waals surface area contributed by atoms with Crippen molar-refractivity contribution >= 4 is 11.3 Å². The molecule has 0 spiro atoms. The molecule has 148 valence electrons. The van der Waals surface area contributed by atoms with Gasteiger partial charge in [-0.1, -0.05) is 25.1 Å². The molecule has 8 heteroatoms. The first-order valence-electron chi connectivity index (χ1n) is 9.67. The molecule has 1 aliphatic rings. The average molecular weight is 399 g/mol. The van der Waals surface area contributed by atoms with Crippen molar-refractivity contribution in [2.45, 2.75) is 19.5 Å². The number of thiophene rings is 1. The highest BCUT2D eigenvalue weighted by Gasteiger charge is 2.30. The number of tetrazole rings is 1. The third kappa shape index (κ3) is 4.09. The number of ether oxygens (including phenoxy) is 1. The highest BCUT2D eigenvalue weighted by molar-refractivity contribution is 7.09. The number of likely N-dealkylation sites (N-methyl/N-ethyl adjacent to an activating group) is 1. The predicted octanol–water partition coefficient (Wildman–Crippen LogP) is 2.52. The van der Waals surface area contributed by atoms with Crippen molar-refractivity contribution in [1.82, 2.24) is 30.0 Å². The molecule has 2 aromatic heterocycles. The van der Waals surface area contributed by atoms with Gasteiger partial charge in [-0.3, -0.25) is 4.90 Å². The largest absolute Gasteiger partial charge is 0.497 e. The van der Waals surface area contributed by atoms with Gasteiger partial charge < -0.3 is 9.64 Å². The lowest BCUT2D eigenvalue weighted by atomic mass is 10.0. The fourth-order valence-electron chi connectivity index (χ4n) is 3.72. The van der Waals surface area contributed by atoms with Gasteiger partial charge in [0.05, 0.1) is 19.7 Å². The lowest BCUT2D eigenvalue weighted by molar-refractivity contribution is 0.108. The first-order valence-corrected chi connectivity index (χ1v) is 10.5. The zero-order chi connectivity index (χ0) is 19.3. The van der Waals surface area contributed by atoms with Crippen LogP contribution in [0.1, 0.15) is 29.2 Å². The minimum Gasteiger partial charge on any atom is -0.497 e. The van der Waals surface area contributed by atoms with Crippen LogP contribution in [0.3, 0.4) is 0 Å². The summed E-state index contributed by atoms with van der Waals surface area (Å²) in [6.45, 7) is 8.13. The molecule has 1 aliphatic heterocycles. The van der Waals surface area contributed by atoms with Crippen LogP contribution in [0.2, 0.25) is 0 Å². The molecule has 7 nitrogen and oxygen atoms in total. The molecule has 3 aromatic rings. The molecule has 28 heavy (non-hydrogen) atoms. The second-order valence-corrected chi connectivity index (χ2v) is 7.95. The Balaban J connectivity index is 1.66.